The van der Waals surface area contributed by atoms with Gasteiger partial charge in [0.15, 0.2) is 0 Å². The van der Waals surface area contributed by atoms with Crippen LogP contribution in [0.15, 0.2) is 0 Å². The van der Waals surface area contributed by atoms with Gasteiger partial charge in [0.1, 0.15) is 0 Å². The van der Waals surface area contributed by atoms with Crippen LogP contribution in [0, 0.1) is 16.7 Å². The molecule has 2 heteroatoms. The van der Waals surface area contributed by atoms with Crippen LogP contribution in [0.25, 0.3) is 0 Å². The maximum atomic E-state index is 6.01. The Morgan fingerprint density at radius 2 is 1.75 bits per heavy atom. The number of hydrogen-bond acceptors (Lipinski definition) is 2. The summed E-state index contributed by atoms with van der Waals surface area (Å²) < 4.78 is 6.01. The molecule has 1 aliphatic heterocycles. The SMILES string of the molecule is CC(C)CCOC1CC2(CCN(CC(C)(C)C)CC2)C1. The first-order valence-electron chi connectivity index (χ1n) is 8.62. The summed E-state index contributed by atoms with van der Waals surface area (Å²) in [5.41, 5.74) is 1.09. The van der Waals surface area contributed by atoms with Gasteiger partial charge in [-0.1, -0.05) is 34.6 Å². The monoisotopic (exact) mass is 281 g/mol. The lowest BCUT2D eigenvalue weighted by atomic mass is 9.61. The van der Waals surface area contributed by atoms with Crippen molar-refractivity contribution < 1.29 is 4.74 Å². The Morgan fingerprint density at radius 3 is 2.25 bits per heavy atom. The van der Waals surface area contributed by atoms with Crippen molar-refractivity contribution in [2.45, 2.75) is 72.8 Å². The molecule has 0 atom stereocenters. The molecule has 1 aliphatic carbocycles. The lowest BCUT2D eigenvalue weighted by Crippen LogP contribution is -2.51. The topological polar surface area (TPSA) is 12.5 Å². The van der Waals surface area contributed by atoms with Gasteiger partial charge in [0.25, 0.3) is 0 Å². The normalized spacial score (nSPS) is 24.3. The van der Waals surface area contributed by atoms with E-state index in [2.05, 4.69) is 39.5 Å². The van der Waals surface area contributed by atoms with Crippen LogP contribution >= 0.6 is 0 Å². The van der Waals surface area contributed by atoms with Gasteiger partial charge in [-0.3, -0.25) is 0 Å². The Bertz CT molecular complexity index is 289. The van der Waals surface area contributed by atoms with E-state index in [-0.39, 0.29) is 0 Å². The van der Waals surface area contributed by atoms with Gasteiger partial charge < -0.3 is 9.64 Å². The van der Waals surface area contributed by atoms with Crippen LogP contribution in [0.1, 0.15) is 66.7 Å². The highest BCUT2D eigenvalue weighted by atomic mass is 16.5. The van der Waals surface area contributed by atoms with Gasteiger partial charge in [-0.15, -0.1) is 0 Å². The summed E-state index contributed by atoms with van der Waals surface area (Å²) in [5.74, 6) is 0.768. The molecule has 118 valence electrons. The highest BCUT2D eigenvalue weighted by molar-refractivity contribution is 4.98. The molecule has 2 rings (SSSR count). The first-order chi connectivity index (χ1) is 9.28. The number of nitrogens with zero attached hydrogens (tertiary/aromatic N) is 1. The van der Waals surface area contributed by atoms with Crippen molar-refractivity contribution in [1.29, 1.82) is 0 Å². The quantitative estimate of drug-likeness (QED) is 0.743. The molecule has 0 unspecified atom stereocenters. The molecule has 2 nitrogen and oxygen atoms in total. The minimum atomic E-state index is 0.437. The summed E-state index contributed by atoms with van der Waals surface area (Å²) in [7, 11) is 0. The molecule has 0 aromatic rings. The molecule has 0 bridgehead atoms. The molecule has 1 spiro atoms. The van der Waals surface area contributed by atoms with Crippen molar-refractivity contribution in [1.82, 2.24) is 4.90 Å². The number of rotatable bonds is 5. The zero-order chi connectivity index (χ0) is 14.8. The van der Waals surface area contributed by atoms with Gasteiger partial charge in [-0.05, 0) is 61.9 Å². The fourth-order valence-corrected chi connectivity index (χ4v) is 3.76. The molecule has 1 heterocycles. The Morgan fingerprint density at radius 1 is 1.15 bits per heavy atom. The standard InChI is InChI=1S/C18H35NO/c1-15(2)6-11-20-16-12-18(13-16)7-9-19(10-8-18)14-17(3,4)5/h15-16H,6-14H2,1-5H3. The summed E-state index contributed by atoms with van der Waals surface area (Å²) in [6.07, 6.45) is 7.23. The minimum Gasteiger partial charge on any atom is -0.378 e. The second kappa shape index (κ2) is 6.36. The van der Waals surface area contributed by atoms with Crippen LogP contribution in [0.2, 0.25) is 0 Å². The average Bonchev–Trinajstić information content (AvgIpc) is 2.27. The minimum absolute atomic E-state index is 0.437. The molecular weight excluding hydrogens is 246 g/mol. The number of piperidine rings is 1. The summed E-state index contributed by atoms with van der Waals surface area (Å²) in [4.78, 5) is 2.66. The fraction of sp³-hybridized carbons (Fsp3) is 1.00. The summed E-state index contributed by atoms with van der Waals surface area (Å²) in [6.45, 7) is 16.4. The number of ether oxygens (including phenoxy) is 1. The zero-order valence-corrected chi connectivity index (χ0v) is 14.4. The van der Waals surface area contributed by atoms with Gasteiger partial charge in [-0.2, -0.15) is 0 Å². The van der Waals surface area contributed by atoms with Gasteiger partial charge in [0.2, 0.25) is 0 Å². The van der Waals surface area contributed by atoms with E-state index < -0.39 is 0 Å². The van der Waals surface area contributed by atoms with E-state index in [9.17, 15) is 0 Å². The molecule has 2 aliphatic rings. The average molecular weight is 281 g/mol. The third-order valence-electron chi connectivity index (χ3n) is 4.98. The van der Waals surface area contributed by atoms with E-state index in [1.807, 2.05) is 0 Å². The zero-order valence-electron chi connectivity index (χ0n) is 14.4. The molecule has 2 fully saturated rings. The second-order valence-corrected chi connectivity index (χ2v) is 8.92. The maximum Gasteiger partial charge on any atom is 0.0585 e. The van der Waals surface area contributed by atoms with Crippen molar-refractivity contribution in [2.75, 3.05) is 26.2 Å². The lowest BCUT2D eigenvalue weighted by molar-refractivity contribution is -0.108. The largest absolute Gasteiger partial charge is 0.378 e. The lowest BCUT2D eigenvalue weighted by Gasteiger charge is -2.52. The van der Waals surface area contributed by atoms with Crippen LogP contribution in [0.4, 0.5) is 0 Å². The van der Waals surface area contributed by atoms with Crippen molar-refractivity contribution in [3.05, 3.63) is 0 Å². The van der Waals surface area contributed by atoms with Crippen LogP contribution in [-0.2, 0) is 4.74 Å². The van der Waals surface area contributed by atoms with Gasteiger partial charge >= 0.3 is 0 Å². The first kappa shape index (κ1) is 16.3. The molecule has 0 N–H and O–H groups in total. The smallest absolute Gasteiger partial charge is 0.0585 e. The molecule has 20 heavy (non-hydrogen) atoms. The van der Waals surface area contributed by atoms with Crippen molar-refractivity contribution in [2.24, 2.45) is 16.7 Å². The predicted octanol–water partition coefficient (Wildman–Crippen LogP) is 4.34. The predicted molar refractivity (Wildman–Crippen MR) is 86.0 cm³/mol. The molecule has 1 saturated heterocycles. The number of hydrogen-bond donors (Lipinski definition) is 0. The van der Waals surface area contributed by atoms with Crippen LogP contribution < -0.4 is 0 Å². The van der Waals surface area contributed by atoms with Crippen LogP contribution in [0.3, 0.4) is 0 Å². The van der Waals surface area contributed by atoms with E-state index >= 15 is 0 Å². The maximum absolute atomic E-state index is 6.01. The fourth-order valence-electron chi connectivity index (χ4n) is 3.76. The second-order valence-electron chi connectivity index (χ2n) is 8.92. The van der Waals surface area contributed by atoms with Crippen LogP contribution in [0.5, 0.6) is 0 Å². The van der Waals surface area contributed by atoms with E-state index in [1.54, 1.807) is 0 Å². The molecule has 0 radical (unpaired) electrons. The van der Waals surface area contributed by atoms with Gasteiger partial charge in [0, 0.05) is 13.2 Å². The molecule has 0 aromatic carbocycles. The molecular formula is C18H35NO. The van der Waals surface area contributed by atoms with E-state index in [0.717, 1.165) is 12.5 Å². The molecule has 0 amide bonds. The Hall–Kier alpha value is -0.0800. The molecule has 0 aromatic heterocycles. The first-order valence-corrected chi connectivity index (χ1v) is 8.62. The highest BCUT2D eigenvalue weighted by Gasteiger charge is 2.46. The van der Waals surface area contributed by atoms with Crippen molar-refractivity contribution in [3.8, 4) is 0 Å². The third-order valence-corrected chi connectivity index (χ3v) is 4.98. The van der Waals surface area contributed by atoms with E-state index in [4.69, 9.17) is 4.74 Å². The summed E-state index contributed by atoms with van der Waals surface area (Å²) in [5, 5.41) is 0. The Labute approximate surface area is 126 Å². The summed E-state index contributed by atoms with van der Waals surface area (Å²) in [6, 6.07) is 0. The van der Waals surface area contributed by atoms with Crippen molar-refractivity contribution in [3.63, 3.8) is 0 Å². The Kier molecular flexibility index (Phi) is 5.18. The highest BCUT2D eigenvalue weighted by Crippen LogP contribution is 2.50. The van der Waals surface area contributed by atoms with Crippen molar-refractivity contribution >= 4 is 0 Å². The van der Waals surface area contributed by atoms with Crippen LogP contribution in [-0.4, -0.2) is 37.2 Å². The van der Waals surface area contributed by atoms with E-state index in [0.29, 0.717) is 16.9 Å². The third kappa shape index (κ3) is 4.73. The van der Waals surface area contributed by atoms with Gasteiger partial charge in [0.05, 0.1) is 6.10 Å². The van der Waals surface area contributed by atoms with Gasteiger partial charge in [-0.25, -0.2) is 0 Å². The summed E-state index contributed by atoms with van der Waals surface area (Å²) >= 11 is 0. The number of likely N-dealkylation sites (tertiary alicyclic amines) is 1. The Balaban J connectivity index is 1.63. The van der Waals surface area contributed by atoms with E-state index in [1.165, 1.54) is 51.7 Å². The molecule has 1 saturated carbocycles.